The van der Waals surface area contributed by atoms with Gasteiger partial charge in [0.1, 0.15) is 13.2 Å². The Morgan fingerprint density at radius 2 is 2.10 bits per heavy atom. The van der Waals surface area contributed by atoms with Crippen LogP contribution in [0.2, 0.25) is 0 Å². The smallest absolute Gasteiger partial charge is 0.254 e. The van der Waals surface area contributed by atoms with Crippen LogP contribution < -0.4 is 15.2 Å². The topological polar surface area (TPSA) is 64.8 Å². The van der Waals surface area contributed by atoms with Gasteiger partial charge in [-0.1, -0.05) is 6.92 Å². The first-order valence-electron chi connectivity index (χ1n) is 7.00. The van der Waals surface area contributed by atoms with Crippen LogP contribution in [0.3, 0.4) is 0 Å². The molecular formula is C15H20N2O3. The number of amides is 1. The molecule has 0 saturated carbocycles. The van der Waals surface area contributed by atoms with Gasteiger partial charge in [0.05, 0.1) is 0 Å². The Hall–Kier alpha value is -1.75. The van der Waals surface area contributed by atoms with Gasteiger partial charge in [0, 0.05) is 18.7 Å². The molecule has 0 bridgehead atoms. The molecule has 3 rings (SSSR count). The Morgan fingerprint density at radius 3 is 2.80 bits per heavy atom. The minimum absolute atomic E-state index is 0.0409. The SMILES string of the molecule is CC1(CN)CCN(C(=O)c2ccc3c(c2)OCCO3)C1. The van der Waals surface area contributed by atoms with E-state index in [0.717, 1.165) is 19.5 Å². The van der Waals surface area contributed by atoms with Gasteiger partial charge in [0.2, 0.25) is 0 Å². The molecule has 1 aromatic carbocycles. The number of carbonyl (C=O) groups excluding carboxylic acids is 1. The fraction of sp³-hybridized carbons (Fsp3) is 0.533. The number of nitrogens with two attached hydrogens (primary N) is 1. The molecule has 5 heteroatoms. The lowest BCUT2D eigenvalue weighted by molar-refractivity contribution is 0.0775. The third-order valence-corrected chi connectivity index (χ3v) is 4.13. The lowest BCUT2D eigenvalue weighted by atomic mass is 9.90. The van der Waals surface area contributed by atoms with E-state index >= 15 is 0 Å². The first-order chi connectivity index (χ1) is 9.61. The predicted octanol–water partition coefficient (Wildman–Crippen LogP) is 1.27. The molecule has 1 unspecified atom stereocenters. The Bertz CT molecular complexity index is 532. The lowest BCUT2D eigenvalue weighted by Crippen LogP contribution is -2.34. The van der Waals surface area contributed by atoms with Crippen LogP contribution in [0.15, 0.2) is 18.2 Å². The zero-order chi connectivity index (χ0) is 14.2. The summed E-state index contributed by atoms with van der Waals surface area (Å²) in [5, 5.41) is 0. The van der Waals surface area contributed by atoms with Crippen molar-refractivity contribution in [1.82, 2.24) is 4.90 Å². The zero-order valence-electron chi connectivity index (χ0n) is 11.7. The van der Waals surface area contributed by atoms with Gasteiger partial charge in [-0.15, -0.1) is 0 Å². The summed E-state index contributed by atoms with van der Waals surface area (Å²) in [6, 6.07) is 5.38. The number of carbonyl (C=O) groups is 1. The molecular weight excluding hydrogens is 256 g/mol. The zero-order valence-corrected chi connectivity index (χ0v) is 11.7. The van der Waals surface area contributed by atoms with Crippen LogP contribution >= 0.6 is 0 Å². The van der Waals surface area contributed by atoms with Crippen molar-refractivity contribution in [3.8, 4) is 11.5 Å². The van der Waals surface area contributed by atoms with Gasteiger partial charge in [-0.3, -0.25) is 4.79 Å². The van der Waals surface area contributed by atoms with E-state index in [4.69, 9.17) is 15.2 Å². The van der Waals surface area contributed by atoms with E-state index in [1.165, 1.54) is 0 Å². The summed E-state index contributed by atoms with van der Waals surface area (Å²) in [6.07, 6.45) is 0.958. The van der Waals surface area contributed by atoms with E-state index in [2.05, 4.69) is 6.92 Å². The third kappa shape index (κ3) is 2.33. The average Bonchev–Trinajstić information content (AvgIpc) is 2.89. The number of likely N-dealkylation sites (tertiary alicyclic amines) is 1. The van der Waals surface area contributed by atoms with E-state index in [9.17, 15) is 4.79 Å². The molecule has 1 amide bonds. The molecule has 1 atom stereocenters. The predicted molar refractivity (Wildman–Crippen MR) is 75.1 cm³/mol. The molecule has 2 aliphatic rings. The minimum Gasteiger partial charge on any atom is -0.486 e. The van der Waals surface area contributed by atoms with Crippen molar-refractivity contribution in [2.45, 2.75) is 13.3 Å². The second-order valence-corrected chi connectivity index (χ2v) is 5.85. The van der Waals surface area contributed by atoms with Crippen molar-refractivity contribution in [1.29, 1.82) is 0 Å². The number of nitrogens with zero attached hydrogens (tertiary/aromatic N) is 1. The molecule has 1 saturated heterocycles. The van der Waals surface area contributed by atoms with Crippen molar-refractivity contribution in [2.24, 2.45) is 11.1 Å². The van der Waals surface area contributed by atoms with Gasteiger partial charge in [-0.25, -0.2) is 0 Å². The molecule has 20 heavy (non-hydrogen) atoms. The number of hydrogen-bond acceptors (Lipinski definition) is 4. The lowest BCUT2D eigenvalue weighted by Gasteiger charge is -2.23. The van der Waals surface area contributed by atoms with Gasteiger partial charge in [0.15, 0.2) is 11.5 Å². The van der Waals surface area contributed by atoms with Crippen molar-refractivity contribution in [2.75, 3.05) is 32.8 Å². The van der Waals surface area contributed by atoms with Crippen molar-refractivity contribution in [3.63, 3.8) is 0 Å². The highest BCUT2D eigenvalue weighted by atomic mass is 16.6. The molecule has 0 radical (unpaired) electrons. The molecule has 1 fully saturated rings. The first-order valence-corrected chi connectivity index (χ1v) is 7.00. The van der Waals surface area contributed by atoms with Gasteiger partial charge in [0.25, 0.3) is 5.91 Å². The molecule has 5 nitrogen and oxygen atoms in total. The van der Waals surface area contributed by atoms with Gasteiger partial charge >= 0.3 is 0 Å². The van der Waals surface area contributed by atoms with Crippen LogP contribution in [0.25, 0.3) is 0 Å². The Kier molecular flexibility index (Phi) is 3.30. The van der Waals surface area contributed by atoms with Crippen LogP contribution in [-0.2, 0) is 0 Å². The molecule has 0 aliphatic carbocycles. The van der Waals surface area contributed by atoms with Crippen molar-refractivity contribution in [3.05, 3.63) is 23.8 Å². The third-order valence-electron chi connectivity index (χ3n) is 4.13. The average molecular weight is 276 g/mol. The van der Waals surface area contributed by atoms with E-state index in [1.54, 1.807) is 18.2 Å². The highest BCUT2D eigenvalue weighted by molar-refractivity contribution is 5.95. The van der Waals surface area contributed by atoms with Crippen molar-refractivity contribution < 1.29 is 14.3 Å². The standard InChI is InChI=1S/C15H20N2O3/c1-15(9-16)4-5-17(10-15)14(18)11-2-3-12-13(8-11)20-7-6-19-12/h2-3,8H,4-7,9-10,16H2,1H3. The first kappa shape index (κ1) is 13.2. The summed E-state index contributed by atoms with van der Waals surface area (Å²) in [5.41, 5.74) is 6.48. The quantitative estimate of drug-likeness (QED) is 0.883. The molecule has 108 valence electrons. The van der Waals surface area contributed by atoms with Crippen LogP contribution in [0, 0.1) is 5.41 Å². The Morgan fingerprint density at radius 1 is 1.35 bits per heavy atom. The highest BCUT2D eigenvalue weighted by Gasteiger charge is 2.35. The normalized spacial score (nSPS) is 24.8. The number of fused-ring (bicyclic) bond motifs is 1. The van der Waals surface area contributed by atoms with E-state index < -0.39 is 0 Å². The summed E-state index contributed by atoms with van der Waals surface area (Å²) >= 11 is 0. The summed E-state index contributed by atoms with van der Waals surface area (Å²) in [4.78, 5) is 14.4. The highest BCUT2D eigenvalue weighted by Crippen LogP contribution is 2.33. The fourth-order valence-electron chi connectivity index (χ4n) is 2.72. The number of benzene rings is 1. The molecule has 1 aromatic rings. The maximum atomic E-state index is 12.5. The Labute approximate surface area is 118 Å². The molecule has 2 heterocycles. The number of ether oxygens (including phenoxy) is 2. The molecule has 2 aliphatic heterocycles. The van der Waals surface area contributed by atoms with E-state index in [1.807, 2.05) is 4.90 Å². The summed E-state index contributed by atoms with van der Waals surface area (Å²) in [6.45, 7) is 5.31. The van der Waals surface area contributed by atoms with Gasteiger partial charge < -0.3 is 20.1 Å². The van der Waals surface area contributed by atoms with Crippen LogP contribution in [-0.4, -0.2) is 43.7 Å². The Balaban J connectivity index is 1.78. The van der Waals surface area contributed by atoms with E-state index in [0.29, 0.717) is 36.8 Å². The fourth-order valence-corrected chi connectivity index (χ4v) is 2.72. The molecule has 0 aromatic heterocycles. The largest absolute Gasteiger partial charge is 0.486 e. The maximum absolute atomic E-state index is 12.5. The van der Waals surface area contributed by atoms with Gasteiger partial charge in [-0.2, -0.15) is 0 Å². The monoisotopic (exact) mass is 276 g/mol. The molecule has 0 spiro atoms. The minimum atomic E-state index is 0.0409. The second kappa shape index (κ2) is 4.98. The second-order valence-electron chi connectivity index (χ2n) is 5.85. The number of hydrogen-bond donors (Lipinski definition) is 1. The van der Waals surface area contributed by atoms with Gasteiger partial charge in [-0.05, 0) is 36.6 Å². The van der Waals surface area contributed by atoms with Crippen molar-refractivity contribution >= 4 is 5.91 Å². The van der Waals surface area contributed by atoms with E-state index in [-0.39, 0.29) is 11.3 Å². The summed E-state index contributed by atoms with van der Waals surface area (Å²) in [5.74, 6) is 1.41. The molecule has 2 N–H and O–H groups in total. The van der Waals surface area contributed by atoms with Crippen LogP contribution in [0.5, 0.6) is 11.5 Å². The van der Waals surface area contributed by atoms with Crippen LogP contribution in [0.4, 0.5) is 0 Å². The van der Waals surface area contributed by atoms with Crippen LogP contribution in [0.1, 0.15) is 23.7 Å². The number of rotatable bonds is 2. The summed E-state index contributed by atoms with van der Waals surface area (Å²) in [7, 11) is 0. The summed E-state index contributed by atoms with van der Waals surface area (Å²) < 4.78 is 11.0. The maximum Gasteiger partial charge on any atom is 0.254 e.